The molecule has 35 heavy (non-hydrogen) atoms. The van der Waals surface area contributed by atoms with Gasteiger partial charge in [0.25, 0.3) is 0 Å². The van der Waals surface area contributed by atoms with Crippen LogP contribution in [0.2, 0.25) is 0 Å². The molecule has 0 saturated heterocycles. The molecule has 0 radical (unpaired) electrons. The molecule has 1 unspecified atom stereocenters. The number of nitrogens with one attached hydrogen (secondary N) is 1. The first-order valence-electron chi connectivity index (χ1n) is 11.5. The summed E-state index contributed by atoms with van der Waals surface area (Å²) < 4.78 is 5.54. The van der Waals surface area contributed by atoms with E-state index < -0.39 is 30.4 Å². The van der Waals surface area contributed by atoms with Crippen LogP contribution in [0.1, 0.15) is 42.2 Å². The Labute approximate surface area is 208 Å². The highest BCUT2D eigenvalue weighted by Crippen LogP contribution is 2.44. The smallest absolute Gasteiger partial charge is 0.407 e. The number of carboxylic acids is 1. The number of carbonyl (C=O) groups excluding carboxylic acids is 2. The number of aliphatic carboxylic acids is 1. The molecule has 0 bridgehead atoms. The molecule has 0 aliphatic heterocycles. The maximum Gasteiger partial charge on any atom is 0.407 e. The van der Waals surface area contributed by atoms with Crippen molar-refractivity contribution in [2.24, 2.45) is 0 Å². The SMILES string of the molecule is CC(C)N(Cc1cccs1)C(=O)C(CC(=O)O)NC(=O)OCC1c2ccccc2-c2ccccc21. The van der Waals surface area contributed by atoms with Gasteiger partial charge in [-0.15, -0.1) is 11.3 Å². The predicted molar refractivity (Wildman–Crippen MR) is 134 cm³/mol. The Balaban J connectivity index is 1.45. The first-order chi connectivity index (χ1) is 16.8. The summed E-state index contributed by atoms with van der Waals surface area (Å²) in [4.78, 5) is 40.0. The number of ether oxygens (including phenoxy) is 1. The van der Waals surface area contributed by atoms with Crippen molar-refractivity contribution in [2.45, 2.75) is 44.8 Å². The van der Waals surface area contributed by atoms with E-state index in [4.69, 9.17) is 4.74 Å². The van der Waals surface area contributed by atoms with E-state index in [9.17, 15) is 19.5 Å². The number of nitrogens with zero attached hydrogens (tertiary/aromatic N) is 1. The summed E-state index contributed by atoms with van der Waals surface area (Å²) in [6.07, 6.45) is -1.34. The minimum absolute atomic E-state index is 0.0803. The van der Waals surface area contributed by atoms with E-state index in [0.717, 1.165) is 27.1 Å². The van der Waals surface area contributed by atoms with Gasteiger partial charge in [-0.05, 0) is 47.5 Å². The van der Waals surface area contributed by atoms with Gasteiger partial charge in [-0.25, -0.2) is 4.79 Å². The number of hydrogen-bond donors (Lipinski definition) is 2. The maximum atomic E-state index is 13.3. The summed E-state index contributed by atoms with van der Waals surface area (Å²) in [6, 6.07) is 18.4. The average molecular weight is 493 g/mol. The van der Waals surface area contributed by atoms with Crippen LogP contribution in [0.3, 0.4) is 0 Å². The zero-order valence-electron chi connectivity index (χ0n) is 19.6. The largest absolute Gasteiger partial charge is 0.481 e. The predicted octanol–water partition coefficient (Wildman–Crippen LogP) is 4.87. The van der Waals surface area contributed by atoms with Crippen molar-refractivity contribution < 1.29 is 24.2 Å². The highest BCUT2D eigenvalue weighted by Gasteiger charge is 2.32. The van der Waals surface area contributed by atoms with Gasteiger partial charge in [0.05, 0.1) is 13.0 Å². The second-order valence-electron chi connectivity index (χ2n) is 8.76. The van der Waals surface area contributed by atoms with E-state index in [0.29, 0.717) is 6.54 Å². The maximum absolute atomic E-state index is 13.3. The van der Waals surface area contributed by atoms with Gasteiger partial charge in [0, 0.05) is 16.8 Å². The third kappa shape index (κ3) is 5.54. The average Bonchev–Trinajstić information content (AvgIpc) is 3.46. The molecule has 0 saturated carbocycles. The van der Waals surface area contributed by atoms with Crippen molar-refractivity contribution in [1.29, 1.82) is 0 Å². The molecular formula is C27H28N2O5S. The number of thiophene rings is 1. The van der Waals surface area contributed by atoms with Gasteiger partial charge in [0.2, 0.25) is 5.91 Å². The zero-order valence-corrected chi connectivity index (χ0v) is 20.5. The Morgan fingerprint density at radius 3 is 2.17 bits per heavy atom. The van der Waals surface area contributed by atoms with Gasteiger partial charge in [0.15, 0.2) is 0 Å². The molecule has 2 N–H and O–H groups in total. The topological polar surface area (TPSA) is 95.9 Å². The van der Waals surface area contributed by atoms with E-state index in [2.05, 4.69) is 5.32 Å². The Bertz CT molecular complexity index is 1160. The summed E-state index contributed by atoms with van der Waals surface area (Å²) >= 11 is 1.51. The van der Waals surface area contributed by atoms with Crippen LogP contribution >= 0.6 is 11.3 Å². The van der Waals surface area contributed by atoms with Crippen LogP contribution in [0.4, 0.5) is 4.79 Å². The van der Waals surface area contributed by atoms with Gasteiger partial charge in [-0.1, -0.05) is 54.6 Å². The lowest BCUT2D eigenvalue weighted by atomic mass is 9.98. The Morgan fingerprint density at radius 2 is 1.63 bits per heavy atom. The van der Waals surface area contributed by atoms with Gasteiger partial charge in [0.1, 0.15) is 12.6 Å². The van der Waals surface area contributed by atoms with Crippen LogP contribution in [0.25, 0.3) is 11.1 Å². The molecule has 0 spiro atoms. The van der Waals surface area contributed by atoms with Crippen molar-refractivity contribution in [1.82, 2.24) is 10.2 Å². The zero-order chi connectivity index (χ0) is 24.9. The number of rotatable bonds is 9. The molecular weight excluding hydrogens is 464 g/mol. The summed E-state index contributed by atoms with van der Waals surface area (Å²) in [5, 5.41) is 13.8. The van der Waals surface area contributed by atoms with Crippen LogP contribution in [0.15, 0.2) is 66.0 Å². The third-order valence-corrected chi connectivity index (χ3v) is 6.99. The lowest BCUT2D eigenvalue weighted by Gasteiger charge is -2.30. The van der Waals surface area contributed by atoms with E-state index >= 15 is 0 Å². The summed E-state index contributed by atoms with van der Waals surface area (Å²) in [6.45, 7) is 4.14. The number of fused-ring (bicyclic) bond motifs is 3. The van der Waals surface area contributed by atoms with Crippen LogP contribution in [0, 0.1) is 0 Å². The molecule has 8 heteroatoms. The summed E-state index contributed by atoms with van der Waals surface area (Å²) in [5.41, 5.74) is 4.36. The number of benzene rings is 2. The monoisotopic (exact) mass is 492 g/mol. The lowest BCUT2D eigenvalue weighted by Crippen LogP contribution is -2.51. The van der Waals surface area contributed by atoms with E-state index in [-0.39, 0.29) is 18.6 Å². The second-order valence-corrected chi connectivity index (χ2v) is 9.79. The summed E-state index contributed by atoms with van der Waals surface area (Å²) in [7, 11) is 0. The van der Waals surface area contributed by atoms with Crippen molar-refractivity contribution >= 4 is 29.3 Å². The Kier molecular flexibility index (Phi) is 7.51. The lowest BCUT2D eigenvalue weighted by molar-refractivity contribution is -0.143. The molecule has 7 nitrogen and oxygen atoms in total. The van der Waals surface area contributed by atoms with Crippen LogP contribution in [0.5, 0.6) is 0 Å². The number of amides is 2. The molecule has 4 rings (SSSR count). The van der Waals surface area contributed by atoms with Crippen LogP contribution in [-0.2, 0) is 20.9 Å². The number of carboxylic acid groups (broad SMARTS) is 1. The van der Waals surface area contributed by atoms with Crippen molar-refractivity contribution in [3.63, 3.8) is 0 Å². The van der Waals surface area contributed by atoms with E-state index in [1.807, 2.05) is 79.9 Å². The molecule has 2 amide bonds. The molecule has 1 heterocycles. The minimum atomic E-state index is -1.23. The minimum Gasteiger partial charge on any atom is -0.481 e. The number of carbonyl (C=O) groups is 3. The highest BCUT2D eigenvalue weighted by molar-refractivity contribution is 7.09. The molecule has 182 valence electrons. The first-order valence-corrected chi connectivity index (χ1v) is 12.4. The highest BCUT2D eigenvalue weighted by atomic mass is 32.1. The van der Waals surface area contributed by atoms with E-state index in [1.165, 1.54) is 11.3 Å². The van der Waals surface area contributed by atoms with Gasteiger partial charge >= 0.3 is 12.1 Å². The van der Waals surface area contributed by atoms with E-state index in [1.54, 1.807) is 4.90 Å². The standard InChI is InChI=1S/C27H28N2O5S/c1-17(2)29(15-18-8-7-13-35-18)26(32)24(14-25(30)31)28-27(33)34-16-23-21-11-5-3-9-19(21)20-10-4-6-12-22(20)23/h3-13,17,23-24H,14-16H2,1-2H3,(H,28,33)(H,30,31). The number of hydrogen-bond acceptors (Lipinski definition) is 5. The normalized spacial score (nSPS) is 13.1. The molecule has 1 aromatic heterocycles. The second kappa shape index (κ2) is 10.7. The van der Waals surface area contributed by atoms with Gasteiger partial charge in [-0.2, -0.15) is 0 Å². The molecule has 1 atom stereocenters. The van der Waals surface area contributed by atoms with Gasteiger partial charge in [-0.3, -0.25) is 9.59 Å². The molecule has 1 aliphatic rings. The van der Waals surface area contributed by atoms with Crippen LogP contribution < -0.4 is 5.32 Å². The molecule has 3 aromatic rings. The first kappa shape index (κ1) is 24.5. The van der Waals surface area contributed by atoms with Crippen LogP contribution in [-0.4, -0.2) is 46.7 Å². The number of alkyl carbamates (subject to hydrolysis) is 1. The molecule has 1 aliphatic carbocycles. The van der Waals surface area contributed by atoms with Gasteiger partial charge < -0.3 is 20.1 Å². The van der Waals surface area contributed by atoms with Crippen molar-refractivity contribution in [3.05, 3.63) is 82.0 Å². The molecule has 2 aromatic carbocycles. The third-order valence-electron chi connectivity index (χ3n) is 6.13. The van der Waals surface area contributed by atoms with Crippen molar-refractivity contribution in [2.75, 3.05) is 6.61 Å². The fraction of sp³-hybridized carbons (Fsp3) is 0.296. The van der Waals surface area contributed by atoms with Crippen molar-refractivity contribution in [3.8, 4) is 11.1 Å². The quantitative estimate of drug-likeness (QED) is 0.444. The Morgan fingerprint density at radius 1 is 1.00 bits per heavy atom. The Hall–Kier alpha value is -3.65. The molecule has 0 fully saturated rings. The fourth-order valence-electron chi connectivity index (χ4n) is 4.44. The summed E-state index contributed by atoms with van der Waals surface area (Å²) in [5.74, 6) is -1.76. The fourth-order valence-corrected chi connectivity index (χ4v) is 5.15.